The maximum absolute atomic E-state index is 11.2. The van der Waals surface area contributed by atoms with Gasteiger partial charge in [0.25, 0.3) is 0 Å². The van der Waals surface area contributed by atoms with E-state index in [-0.39, 0.29) is 0 Å². The third-order valence-electron chi connectivity index (χ3n) is 2.77. The first kappa shape index (κ1) is 11.4. The predicted octanol–water partition coefficient (Wildman–Crippen LogP) is 3.17. The summed E-state index contributed by atoms with van der Waals surface area (Å²) in [5.74, 6) is 0. The quantitative estimate of drug-likeness (QED) is 0.678. The number of hydrogen-bond acceptors (Lipinski definition) is 1. The summed E-state index contributed by atoms with van der Waals surface area (Å²) >= 11 is -1.87. The van der Waals surface area contributed by atoms with Crippen molar-refractivity contribution in [2.24, 2.45) is 0 Å². The number of allylic oxidation sites excluding steroid dienone is 5. The van der Waals surface area contributed by atoms with Crippen LogP contribution in [0.2, 0.25) is 0 Å². The predicted molar refractivity (Wildman–Crippen MR) is 60.2 cm³/mol. The average Bonchev–Trinajstić information content (AvgIpc) is 2.19. The average molecular weight is 212 g/mol. The minimum atomic E-state index is -1.87. The monoisotopic (exact) mass is 212 g/mol. The van der Waals surface area contributed by atoms with Gasteiger partial charge in [-0.2, -0.15) is 0 Å². The van der Waals surface area contributed by atoms with Gasteiger partial charge in [-0.3, -0.25) is 0 Å². The zero-order valence-electron chi connectivity index (χ0n) is 9.05. The lowest BCUT2D eigenvalue weighted by Crippen LogP contribution is -1.99. The van der Waals surface area contributed by atoms with E-state index >= 15 is 0 Å². The van der Waals surface area contributed by atoms with Gasteiger partial charge in [0.05, 0.1) is 4.91 Å². The van der Waals surface area contributed by atoms with Gasteiger partial charge < -0.3 is 4.55 Å². The Bertz CT molecular complexity index is 373. The van der Waals surface area contributed by atoms with Crippen LogP contribution in [0.15, 0.2) is 33.3 Å². The largest absolute Gasteiger partial charge is 0.302 e. The van der Waals surface area contributed by atoms with E-state index in [9.17, 15) is 8.76 Å². The highest BCUT2D eigenvalue weighted by atomic mass is 32.2. The number of rotatable bonds is 1. The Kier molecular flexibility index (Phi) is 3.45. The van der Waals surface area contributed by atoms with Crippen LogP contribution >= 0.6 is 0 Å². The highest BCUT2D eigenvalue weighted by Gasteiger charge is 2.16. The maximum atomic E-state index is 11.2. The zero-order valence-corrected chi connectivity index (χ0v) is 9.86. The van der Waals surface area contributed by atoms with Crippen molar-refractivity contribution in [3.63, 3.8) is 0 Å². The van der Waals surface area contributed by atoms with Gasteiger partial charge >= 0.3 is 0 Å². The van der Waals surface area contributed by atoms with Gasteiger partial charge in [0.2, 0.25) is 0 Å². The third kappa shape index (κ3) is 2.04. The summed E-state index contributed by atoms with van der Waals surface area (Å²) in [5.41, 5.74) is 4.23. The van der Waals surface area contributed by atoms with Crippen LogP contribution < -0.4 is 0 Å². The molecule has 0 aromatic rings. The molecule has 1 aliphatic rings. The van der Waals surface area contributed by atoms with Gasteiger partial charge in [0, 0.05) is 0 Å². The van der Waals surface area contributed by atoms with Crippen molar-refractivity contribution < 1.29 is 8.76 Å². The van der Waals surface area contributed by atoms with E-state index in [0.29, 0.717) is 4.91 Å². The molecule has 14 heavy (non-hydrogen) atoms. The van der Waals surface area contributed by atoms with E-state index in [4.69, 9.17) is 0 Å². The van der Waals surface area contributed by atoms with Gasteiger partial charge in [-0.15, -0.1) is 0 Å². The number of hydrogen-bond donors (Lipinski definition) is 1. The molecule has 0 spiro atoms. The van der Waals surface area contributed by atoms with Crippen molar-refractivity contribution >= 4 is 11.1 Å². The van der Waals surface area contributed by atoms with E-state index < -0.39 is 11.1 Å². The minimum absolute atomic E-state index is 0.593. The van der Waals surface area contributed by atoms with Crippen LogP contribution in [-0.4, -0.2) is 8.76 Å². The molecule has 0 fully saturated rings. The molecule has 0 aliphatic heterocycles. The second-order valence-corrected chi connectivity index (χ2v) is 4.61. The van der Waals surface area contributed by atoms with Crippen LogP contribution in [0.4, 0.5) is 0 Å². The summed E-state index contributed by atoms with van der Waals surface area (Å²) in [7, 11) is 0. The molecule has 0 saturated carbocycles. The van der Waals surface area contributed by atoms with Crippen LogP contribution in [0.5, 0.6) is 0 Å². The Hall–Kier alpha value is -0.670. The van der Waals surface area contributed by atoms with Crippen molar-refractivity contribution in [3.05, 3.63) is 33.3 Å². The Morgan fingerprint density at radius 1 is 1.21 bits per heavy atom. The summed E-state index contributed by atoms with van der Waals surface area (Å²) in [5, 5.41) is 0. The first-order chi connectivity index (χ1) is 6.45. The second kappa shape index (κ2) is 4.24. The molecule has 0 bridgehead atoms. The molecule has 1 rings (SSSR count). The third-order valence-corrected chi connectivity index (χ3v) is 3.78. The van der Waals surface area contributed by atoms with Gasteiger partial charge in [-0.05, 0) is 45.3 Å². The molecule has 1 N–H and O–H groups in total. The van der Waals surface area contributed by atoms with E-state index in [1.165, 1.54) is 5.57 Å². The Morgan fingerprint density at radius 3 is 2.29 bits per heavy atom. The molecule has 2 nitrogen and oxygen atoms in total. The van der Waals surface area contributed by atoms with Gasteiger partial charge in [0.15, 0.2) is 11.1 Å². The molecular weight excluding hydrogens is 196 g/mol. The highest BCUT2D eigenvalue weighted by Crippen LogP contribution is 2.29. The zero-order chi connectivity index (χ0) is 10.9. The van der Waals surface area contributed by atoms with Crippen molar-refractivity contribution in [2.45, 2.75) is 34.1 Å². The molecule has 0 saturated heterocycles. The minimum Gasteiger partial charge on any atom is -0.302 e. The van der Waals surface area contributed by atoms with Crippen LogP contribution in [0.3, 0.4) is 0 Å². The summed E-state index contributed by atoms with van der Waals surface area (Å²) in [6, 6.07) is 0. The molecule has 1 aliphatic carbocycles. The fraction of sp³-hybridized carbons (Fsp3) is 0.455. The molecule has 3 heteroatoms. The van der Waals surface area contributed by atoms with E-state index in [1.807, 2.05) is 27.7 Å². The SMILES string of the molecule is CC1=CCC(C)=C(S(=O)O)C(C)=C1C. The Balaban J connectivity index is 3.35. The van der Waals surface area contributed by atoms with Crippen molar-refractivity contribution in [1.29, 1.82) is 0 Å². The van der Waals surface area contributed by atoms with Crippen LogP contribution in [0.25, 0.3) is 0 Å². The lowest BCUT2D eigenvalue weighted by atomic mass is 10.1. The maximum Gasteiger partial charge on any atom is 0.186 e. The van der Waals surface area contributed by atoms with Crippen molar-refractivity contribution in [1.82, 2.24) is 0 Å². The molecule has 0 amide bonds. The molecule has 1 atom stereocenters. The first-order valence-electron chi connectivity index (χ1n) is 4.60. The van der Waals surface area contributed by atoms with E-state index in [2.05, 4.69) is 6.08 Å². The van der Waals surface area contributed by atoms with Crippen LogP contribution in [-0.2, 0) is 11.1 Å². The Labute approximate surface area is 87.7 Å². The van der Waals surface area contributed by atoms with Crippen LogP contribution in [0, 0.1) is 0 Å². The molecular formula is C11H16O2S. The highest BCUT2D eigenvalue weighted by molar-refractivity contribution is 7.83. The summed E-state index contributed by atoms with van der Waals surface area (Å²) < 4.78 is 20.4. The Morgan fingerprint density at radius 2 is 1.79 bits per heavy atom. The fourth-order valence-corrected chi connectivity index (χ4v) is 2.41. The van der Waals surface area contributed by atoms with Gasteiger partial charge in [-0.1, -0.05) is 17.2 Å². The van der Waals surface area contributed by atoms with Gasteiger partial charge in [-0.25, -0.2) is 4.21 Å². The smallest absolute Gasteiger partial charge is 0.186 e. The topological polar surface area (TPSA) is 37.3 Å². The standard InChI is InChI=1S/C11H16O2S/c1-7-5-6-8(2)11(14(12)13)10(4)9(7)3/h5H,6H2,1-4H3,(H,12,13). The van der Waals surface area contributed by atoms with E-state index in [0.717, 1.165) is 23.1 Å². The van der Waals surface area contributed by atoms with Crippen molar-refractivity contribution in [2.75, 3.05) is 0 Å². The summed E-state index contributed by atoms with van der Waals surface area (Å²) in [4.78, 5) is 0.593. The molecule has 78 valence electrons. The summed E-state index contributed by atoms with van der Waals surface area (Å²) in [6.45, 7) is 7.85. The molecule has 0 radical (unpaired) electrons. The molecule has 1 unspecified atom stereocenters. The molecule has 0 aromatic carbocycles. The lowest BCUT2D eigenvalue weighted by molar-refractivity contribution is 0.571. The second-order valence-electron chi connectivity index (χ2n) is 3.70. The van der Waals surface area contributed by atoms with Gasteiger partial charge in [0.1, 0.15) is 0 Å². The van der Waals surface area contributed by atoms with E-state index in [1.54, 1.807) is 0 Å². The summed E-state index contributed by atoms with van der Waals surface area (Å²) in [6.07, 6.45) is 2.87. The normalized spacial score (nSPS) is 20.8. The van der Waals surface area contributed by atoms with Crippen molar-refractivity contribution in [3.8, 4) is 0 Å². The molecule has 0 aromatic heterocycles. The lowest BCUT2D eigenvalue weighted by Gasteiger charge is -2.08. The van der Waals surface area contributed by atoms with Crippen LogP contribution in [0.1, 0.15) is 34.1 Å². The fourth-order valence-electron chi connectivity index (χ4n) is 1.62. The molecule has 0 heterocycles. The first-order valence-corrected chi connectivity index (χ1v) is 5.71.